The second-order valence-electron chi connectivity index (χ2n) is 6.74. The first-order chi connectivity index (χ1) is 11.2. The van der Waals surface area contributed by atoms with Gasteiger partial charge in [0.05, 0.1) is 11.9 Å². The number of hydrogen-bond acceptors (Lipinski definition) is 4. The number of benzene rings is 1. The molecule has 6 nitrogen and oxygen atoms in total. The molecule has 0 N–H and O–H groups in total. The number of carbonyl (C=O) groups is 1. The van der Waals surface area contributed by atoms with Crippen molar-refractivity contribution in [2.45, 2.75) is 19.8 Å². The molecule has 0 saturated carbocycles. The highest BCUT2D eigenvalue weighted by molar-refractivity contribution is 7.92. The summed E-state index contributed by atoms with van der Waals surface area (Å²) in [6.07, 6.45) is 3.09. The number of amides is 1. The van der Waals surface area contributed by atoms with Crippen molar-refractivity contribution >= 4 is 27.3 Å². The number of carbonyl (C=O) groups excluding carboxylic acids is 1. The molecule has 24 heavy (non-hydrogen) atoms. The van der Waals surface area contributed by atoms with Crippen molar-refractivity contribution in [3.05, 3.63) is 24.3 Å². The molecule has 0 atom stereocenters. The summed E-state index contributed by atoms with van der Waals surface area (Å²) in [6, 6.07) is 7.17. The predicted octanol–water partition coefficient (Wildman–Crippen LogP) is 1.78. The lowest BCUT2D eigenvalue weighted by atomic mass is 9.99. The Balaban J connectivity index is 2.16. The Morgan fingerprint density at radius 2 is 1.62 bits per heavy atom. The number of likely N-dealkylation sites (tertiary alicyclic amines) is 1. The van der Waals surface area contributed by atoms with Gasteiger partial charge in [-0.1, -0.05) is 6.92 Å². The molecule has 7 heteroatoms. The third kappa shape index (κ3) is 4.63. The van der Waals surface area contributed by atoms with Gasteiger partial charge in [-0.3, -0.25) is 9.10 Å². The van der Waals surface area contributed by atoms with Crippen LogP contribution < -0.4 is 9.21 Å². The quantitative estimate of drug-likeness (QED) is 0.809. The molecule has 0 aliphatic carbocycles. The van der Waals surface area contributed by atoms with Crippen molar-refractivity contribution in [1.29, 1.82) is 0 Å². The highest BCUT2D eigenvalue weighted by atomic mass is 32.2. The molecule has 0 radical (unpaired) electrons. The third-order valence-electron chi connectivity index (χ3n) is 4.47. The van der Waals surface area contributed by atoms with Gasteiger partial charge in [-0.15, -0.1) is 0 Å². The van der Waals surface area contributed by atoms with E-state index in [4.69, 9.17) is 0 Å². The first kappa shape index (κ1) is 18.6. The fourth-order valence-corrected chi connectivity index (χ4v) is 3.65. The van der Waals surface area contributed by atoms with Gasteiger partial charge in [-0.05, 0) is 43.0 Å². The number of rotatable bonds is 5. The third-order valence-corrected chi connectivity index (χ3v) is 5.61. The summed E-state index contributed by atoms with van der Waals surface area (Å²) in [5, 5.41) is 0. The number of piperidine rings is 1. The number of sulfonamides is 1. The SMILES string of the molecule is CC1CCN(C(=O)CN(c2ccc(N(C)C)cc2)S(C)(=O)=O)CC1. The van der Waals surface area contributed by atoms with Crippen molar-refractivity contribution in [2.24, 2.45) is 5.92 Å². The van der Waals surface area contributed by atoms with Crippen LogP contribution in [0.4, 0.5) is 11.4 Å². The molecule has 1 aromatic carbocycles. The van der Waals surface area contributed by atoms with Crippen LogP contribution in [-0.4, -0.2) is 59.2 Å². The first-order valence-corrected chi connectivity index (χ1v) is 10.1. The van der Waals surface area contributed by atoms with Gasteiger partial charge in [0.1, 0.15) is 6.54 Å². The van der Waals surface area contributed by atoms with Gasteiger partial charge < -0.3 is 9.80 Å². The zero-order valence-corrected chi connectivity index (χ0v) is 15.7. The van der Waals surface area contributed by atoms with Gasteiger partial charge in [0, 0.05) is 32.9 Å². The van der Waals surface area contributed by atoms with Crippen LogP contribution in [0.2, 0.25) is 0 Å². The smallest absolute Gasteiger partial charge is 0.243 e. The number of anilines is 2. The summed E-state index contributed by atoms with van der Waals surface area (Å²) in [4.78, 5) is 16.2. The van der Waals surface area contributed by atoms with E-state index < -0.39 is 10.0 Å². The molecule has 1 amide bonds. The van der Waals surface area contributed by atoms with Crippen LogP contribution in [0.25, 0.3) is 0 Å². The van der Waals surface area contributed by atoms with Crippen LogP contribution in [0.1, 0.15) is 19.8 Å². The van der Waals surface area contributed by atoms with E-state index in [-0.39, 0.29) is 12.5 Å². The van der Waals surface area contributed by atoms with E-state index in [0.29, 0.717) is 24.7 Å². The van der Waals surface area contributed by atoms with Gasteiger partial charge in [-0.25, -0.2) is 8.42 Å². The van der Waals surface area contributed by atoms with Gasteiger partial charge in [-0.2, -0.15) is 0 Å². The van der Waals surface area contributed by atoms with Crippen LogP contribution in [0.15, 0.2) is 24.3 Å². The minimum atomic E-state index is -3.52. The average molecular weight is 353 g/mol. The molecule has 1 aliphatic rings. The summed E-state index contributed by atoms with van der Waals surface area (Å²) in [5.41, 5.74) is 1.49. The number of hydrogen-bond donors (Lipinski definition) is 0. The normalized spacial score (nSPS) is 16.1. The summed E-state index contributed by atoms with van der Waals surface area (Å²) in [6.45, 7) is 3.44. The molecule has 1 saturated heterocycles. The maximum absolute atomic E-state index is 12.5. The first-order valence-electron chi connectivity index (χ1n) is 8.21. The summed E-state index contributed by atoms with van der Waals surface area (Å²) < 4.78 is 25.5. The highest BCUT2D eigenvalue weighted by Gasteiger charge is 2.26. The molecule has 2 rings (SSSR count). The van der Waals surface area contributed by atoms with Crippen LogP contribution in [0.3, 0.4) is 0 Å². The molecule has 1 heterocycles. The topological polar surface area (TPSA) is 60.9 Å². The molecule has 0 unspecified atom stereocenters. The molecule has 1 aromatic rings. The van der Waals surface area contributed by atoms with E-state index in [2.05, 4.69) is 6.92 Å². The Morgan fingerprint density at radius 3 is 2.08 bits per heavy atom. The minimum absolute atomic E-state index is 0.135. The van der Waals surface area contributed by atoms with Gasteiger partial charge in [0.15, 0.2) is 0 Å². The van der Waals surface area contributed by atoms with Crippen LogP contribution in [0.5, 0.6) is 0 Å². The van der Waals surface area contributed by atoms with Crippen molar-refractivity contribution in [2.75, 3.05) is 49.2 Å². The summed E-state index contributed by atoms with van der Waals surface area (Å²) >= 11 is 0. The fraction of sp³-hybridized carbons (Fsp3) is 0.588. The van der Waals surface area contributed by atoms with Crippen LogP contribution >= 0.6 is 0 Å². The molecule has 134 valence electrons. The lowest BCUT2D eigenvalue weighted by Gasteiger charge is -2.32. The minimum Gasteiger partial charge on any atom is -0.378 e. The van der Waals surface area contributed by atoms with Crippen molar-refractivity contribution in [1.82, 2.24) is 4.90 Å². The van der Waals surface area contributed by atoms with Crippen molar-refractivity contribution in [3.8, 4) is 0 Å². The van der Waals surface area contributed by atoms with E-state index in [0.717, 1.165) is 24.8 Å². The molecule has 0 spiro atoms. The second-order valence-corrected chi connectivity index (χ2v) is 8.65. The Bertz CT molecular complexity index is 663. The monoisotopic (exact) mass is 353 g/mol. The van der Waals surface area contributed by atoms with Gasteiger partial charge in [0.25, 0.3) is 0 Å². The lowest BCUT2D eigenvalue weighted by molar-refractivity contribution is -0.130. The molecular formula is C17H27N3O3S. The summed E-state index contributed by atoms with van der Waals surface area (Å²) in [5.74, 6) is 0.489. The Labute approximate surface area is 145 Å². The Kier molecular flexibility index (Phi) is 5.74. The van der Waals surface area contributed by atoms with E-state index >= 15 is 0 Å². The highest BCUT2D eigenvalue weighted by Crippen LogP contribution is 2.22. The van der Waals surface area contributed by atoms with Crippen molar-refractivity contribution in [3.63, 3.8) is 0 Å². The lowest BCUT2D eigenvalue weighted by Crippen LogP contribution is -2.45. The zero-order valence-electron chi connectivity index (χ0n) is 14.9. The average Bonchev–Trinajstić information content (AvgIpc) is 2.52. The number of nitrogens with zero attached hydrogens (tertiary/aromatic N) is 3. The molecule has 1 fully saturated rings. The van der Waals surface area contributed by atoms with Gasteiger partial charge >= 0.3 is 0 Å². The fourth-order valence-electron chi connectivity index (χ4n) is 2.80. The van der Waals surface area contributed by atoms with E-state index in [1.807, 2.05) is 31.1 Å². The maximum atomic E-state index is 12.5. The van der Waals surface area contributed by atoms with E-state index in [9.17, 15) is 13.2 Å². The molecular weight excluding hydrogens is 326 g/mol. The molecule has 0 aromatic heterocycles. The Morgan fingerprint density at radius 1 is 1.12 bits per heavy atom. The molecule has 0 bridgehead atoms. The Hall–Kier alpha value is -1.76. The van der Waals surface area contributed by atoms with E-state index in [1.54, 1.807) is 17.0 Å². The van der Waals surface area contributed by atoms with Crippen molar-refractivity contribution < 1.29 is 13.2 Å². The second kappa shape index (κ2) is 7.42. The maximum Gasteiger partial charge on any atom is 0.243 e. The molecule has 1 aliphatic heterocycles. The predicted molar refractivity (Wildman–Crippen MR) is 97.9 cm³/mol. The summed E-state index contributed by atoms with van der Waals surface area (Å²) in [7, 11) is 0.318. The standard InChI is InChI=1S/C17H27N3O3S/c1-14-9-11-19(12-10-14)17(21)13-20(24(4,22)23)16-7-5-15(6-8-16)18(2)3/h5-8,14H,9-13H2,1-4H3. The van der Waals surface area contributed by atoms with Crippen LogP contribution in [0, 0.1) is 5.92 Å². The zero-order chi connectivity index (χ0) is 17.9. The van der Waals surface area contributed by atoms with Gasteiger partial charge in [0.2, 0.25) is 15.9 Å². The van der Waals surface area contributed by atoms with E-state index in [1.165, 1.54) is 4.31 Å². The van der Waals surface area contributed by atoms with Crippen LogP contribution in [-0.2, 0) is 14.8 Å². The largest absolute Gasteiger partial charge is 0.378 e.